The van der Waals surface area contributed by atoms with Crippen LogP contribution < -0.4 is 4.74 Å². The number of aliphatic carboxylic acids is 1. The summed E-state index contributed by atoms with van der Waals surface area (Å²) in [6, 6.07) is 3.26. The van der Waals surface area contributed by atoms with E-state index in [1.807, 2.05) is 32.9 Å². The van der Waals surface area contributed by atoms with Gasteiger partial charge in [0.1, 0.15) is 11.8 Å². The number of benzene rings is 1. The number of likely N-dealkylation sites (N-methyl/N-ethyl adjacent to an activating group) is 1. The van der Waals surface area contributed by atoms with Gasteiger partial charge in [-0.1, -0.05) is 19.1 Å². The molecule has 134 valence electrons. The topological polar surface area (TPSA) is 59.0 Å². The minimum absolute atomic E-state index is 0.501. The first-order valence-electron chi connectivity index (χ1n) is 8.67. The van der Waals surface area contributed by atoms with Gasteiger partial charge in [0.15, 0.2) is 0 Å². The van der Waals surface area contributed by atoms with Crippen LogP contribution in [0.25, 0.3) is 0 Å². The molecule has 0 radical (unpaired) electrons. The van der Waals surface area contributed by atoms with E-state index in [-0.39, 0.29) is 0 Å². The summed E-state index contributed by atoms with van der Waals surface area (Å²) >= 11 is 0. The number of carbonyl (C=O) groups is 1. The molecule has 2 rings (SSSR count). The van der Waals surface area contributed by atoms with Gasteiger partial charge in [-0.25, -0.2) is 0 Å². The van der Waals surface area contributed by atoms with E-state index in [4.69, 9.17) is 9.47 Å². The van der Waals surface area contributed by atoms with Gasteiger partial charge in [0.05, 0.1) is 7.11 Å². The van der Waals surface area contributed by atoms with Crippen molar-refractivity contribution in [2.24, 2.45) is 5.92 Å². The van der Waals surface area contributed by atoms with Crippen LogP contribution in [0.4, 0.5) is 0 Å². The minimum Gasteiger partial charge on any atom is -0.496 e. The number of carboxylic acids is 1. The third-order valence-electron chi connectivity index (χ3n) is 4.84. The molecule has 1 aromatic carbocycles. The Morgan fingerprint density at radius 2 is 1.92 bits per heavy atom. The van der Waals surface area contributed by atoms with Crippen molar-refractivity contribution in [2.75, 3.05) is 33.4 Å². The molecule has 0 amide bonds. The maximum atomic E-state index is 12.0. The predicted molar refractivity (Wildman–Crippen MR) is 93.6 cm³/mol. The van der Waals surface area contributed by atoms with E-state index < -0.39 is 12.0 Å². The highest BCUT2D eigenvalue weighted by Crippen LogP contribution is 2.31. The Morgan fingerprint density at radius 1 is 1.33 bits per heavy atom. The van der Waals surface area contributed by atoms with E-state index in [2.05, 4.69) is 4.90 Å². The Kier molecular flexibility index (Phi) is 6.63. The molecule has 0 bridgehead atoms. The molecule has 0 aliphatic carbocycles. The molecule has 5 nitrogen and oxygen atoms in total. The summed E-state index contributed by atoms with van der Waals surface area (Å²) in [5.74, 6) is 0.532. The number of aryl methyl sites for hydroxylation is 2. The summed E-state index contributed by atoms with van der Waals surface area (Å²) in [5.41, 5.74) is 2.77. The fraction of sp³-hybridized carbons (Fsp3) is 0.632. The second kappa shape index (κ2) is 8.49. The van der Waals surface area contributed by atoms with E-state index >= 15 is 0 Å². The number of carboxylic acid groups (broad SMARTS) is 1. The van der Waals surface area contributed by atoms with E-state index in [0.29, 0.717) is 12.5 Å². The largest absolute Gasteiger partial charge is 0.496 e. The number of hydrogen-bond donors (Lipinski definition) is 1. The number of rotatable bonds is 7. The molecule has 0 spiro atoms. The summed E-state index contributed by atoms with van der Waals surface area (Å²) in [6.45, 7) is 9.01. The first-order chi connectivity index (χ1) is 11.5. The lowest BCUT2D eigenvalue weighted by Gasteiger charge is -2.33. The summed E-state index contributed by atoms with van der Waals surface area (Å²) in [4.78, 5) is 14.1. The summed E-state index contributed by atoms with van der Waals surface area (Å²) in [6.07, 6.45) is 2.01. The third kappa shape index (κ3) is 4.28. The van der Waals surface area contributed by atoms with Crippen LogP contribution in [-0.2, 0) is 9.53 Å². The predicted octanol–water partition coefficient (Wildman–Crippen LogP) is 3.19. The average Bonchev–Trinajstić information content (AvgIpc) is 2.54. The molecule has 1 aliphatic rings. The number of hydrogen-bond acceptors (Lipinski definition) is 4. The van der Waals surface area contributed by atoms with Crippen LogP contribution in [0.15, 0.2) is 12.1 Å². The van der Waals surface area contributed by atoms with E-state index in [1.165, 1.54) is 0 Å². The van der Waals surface area contributed by atoms with Gasteiger partial charge in [0.25, 0.3) is 0 Å². The Balaban J connectivity index is 2.28. The van der Waals surface area contributed by atoms with Gasteiger partial charge in [0, 0.05) is 19.8 Å². The van der Waals surface area contributed by atoms with Crippen molar-refractivity contribution >= 4 is 5.97 Å². The quantitative estimate of drug-likeness (QED) is 0.829. The molecule has 1 aromatic rings. The zero-order valence-electron chi connectivity index (χ0n) is 15.2. The molecule has 1 atom stereocenters. The Labute approximate surface area is 144 Å². The summed E-state index contributed by atoms with van der Waals surface area (Å²) in [7, 11) is 1.65. The Bertz CT molecular complexity index is 543. The molecular formula is C19H29NO4. The number of nitrogens with zero attached hydrogens (tertiary/aromatic N) is 1. The van der Waals surface area contributed by atoms with Gasteiger partial charge < -0.3 is 14.6 Å². The van der Waals surface area contributed by atoms with Crippen molar-refractivity contribution in [3.8, 4) is 5.75 Å². The van der Waals surface area contributed by atoms with E-state index in [0.717, 1.165) is 55.0 Å². The van der Waals surface area contributed by atoms with E-state index in [1.54, 1.807) is 7.11 Å². The van der Waals surface area contributed by atoms with Crippen LogP contribution in [0, 0.1) is 19.8 Å². The summed E-state index contributed by atoms with van der Waals surface area (Å²) in [5, 5.41) is 9.87. The van der Waals surface area contributed by atoms with Crippen molar-refractivity contribution in [1.29, 1.82) is 0 Å². The van der Waals surface area contributed by atoms with Gasteiger partial charge in [-0.3, -0.25) is 9.69 Å². The SMILES string of the molecule is CCN(CC1CCOCC1)[C@@H](C(=O)O)c1cc(C)c(OC)c(C)c1. The fourth-order valence-electron chi connectivity index (χ4n) is 3.65. The molecule has 24 heavy (non-hydrogen) atoms. The van der Waals surface area contributed by atoms with Crippen LogP contribution in [0.1, 0.15) is 42.5 Å². The maximum Gasteiger partial charge on any atom is 0.325 e. The third-order valence-corrected chi connectivity index (χ3v) is 4.84. The van der Waals surface area contributed by atoms with Crippen LogP contribution >= 0.6 is 0 Å². The highest BCUT2D eigenvalue weighted by Gasteiger charge is 2.29. The molecule has 0 unspecified atom stereocenters. The Morgan fingerprint density at radius 3 is 2.38 bits per heavy atom. The molecule has 1 aliphatic heterocycles. The second-order valence-corrected chi connectivity index (χ2v) is 6.57. The fourth-order valence-corrected chi connectivity index (χ4v) is 3.65. The first-order valence-corrected chi connectivity index (χ1v) is 8.67. The molecular weight excluding hydrogens is 306 g/mol. The van der Waals surface area contributed by atoms with E-state index in [9.17, 15) is 9.90 Å². The number of methoxy groups -OCH3 is 1. The lowest BCUT2D eigenvalue weighted by Crippen LogP contribution is -2.39. The van der Waals surface area contributed by atoms with Crippen molar-refractivity contribution < 1.29 is 19.4 Å². The zero-order valence-corrected chi connectivity index (χ0v) is 15.2. The van der Waals surface area contributed by atoms with Crippen molar-refractivity contribution in [3.63, 3.8) is 0 Å². The molecule has 1 saturated heterocycles. The summed E-state index contributed by atoms with van der Waals surface area (Å²) < 4.78 is 10.8. The van der Waals surface area contributed by atoms with Crippen molar-refractivity contribution in [1.82, 2.24) is 4.90 Å². The smallest absolute Gasteiger partial charge is 0.325 e. The van der Waals surface area contributed by atoms with Crippen LogP contribution in [0.3, 0.4) is 0 Å². The van der Waals surface area contributed by atoms with Gasteiger partial charge in [0.2, 0.25) is 0 Å². The standard InChI is InChI=1S/C19H29NO4/c1-5-20(12-15-6-8-24-9-7-15)17(19(21)22)16-10-13(2)18(23-4)14(3)11-16/h10-11,15,17H,5-9,12H2,1-4H3,(H,21,22)/t17-/m1/s1. The highest BCUT2D eigenvalue weighted by molar-refractivity contribution is 5.76. The van der Waals surface area contributed by atoms with Crippen LogP contribution in [-0.4, -0.2) is 49.4 Å². The zero-order chi connectivity index (χ0) is 17.7. The minimum atomic E-state index is -0.798. The normalized spacial score (nSPS) is 17.0. The maximum absolute atomic E-state index is 12.0. The van der Waals surface area contributed by atoms with Crippen LogP contribution in [0.2, 0.25) is 0 Å². The number of ether oxygens (including phenoxy) is 2. The van der Waals surface area contributed by atoms with Crippen molar-refractivity contribution in [3.05, 3.63) is 28.8 Å². The Hall–Kier alpha value is -1.59. The lowest BCUT2D eigenvalue weighted by molar-refractivity contribution is -0.144. The van der Waals surface area contributed by atoms with Crippen LogP contribution in [0.5, 0.6) is 5.75 Å². The molecule has 0 aromatic heterocycles. The molecule has 1 N–H and O–H groups in total. The van der Waals surface area contributed by atoms with Crippen molar-refractivity contribution in [2.45, 2.75) is 39.7 Å². The molecule has 5 heteroatoms. The second-order valence-electron chi connectivity index (χ2n) is 6.57. The average molecular weight is 335 g/mol. The molecule has 1 heterocycles. The first kappa shape index (κ1) is 18.7. The van der Waals surface area contributed by atoms with Gasteiger partial charge >= 0.3 is 5.97 Å². The monoisotopic (exact) mass is 335 g/mol. The molecule has 1 fully saturated rings. The highest BCUT2D eigenvalue weighted by atomic mass is 16.5. The van der Waals surface area contributed by atoms with Gasteiger partial charge in [-0.15, -0.1) is 0 Å². The molecule has 0 saturated carbocycles. The van der Waals surface area contributed by atoms with Gasteiger partial charge in [-0.2, -0.15) is 0 Å². The van der Waals surface area contributed by atoms with Gasteiger partial charge in [-0.05, 0) is 55.8 Å². The lowest BCUT2D eigenvalue weighted by atomic mass is 9.95.